The summed E-state index contributed by atoms with van der Waals surface area (Å²) in [6.45, 7) is 8.00. The van der Waals surface area contributed by atoms with Crippen LogP contribution in [0.25, 0.3) is 11.2 Å². The van der Waals surface area contributed by atoms with E-state index in [4.69, 9.17) is 15.0 Å². The molecule has 3 aromatic rings. The number of ether oxygens (including phenoxy) is 1. The van der Waals surface area contributed by atoms with Crippen LogP contribution in [-0.2, 0) is 15.8 Å². The molecule has 0 saturated heterocycles. The van der Waals surface area contributed by atoms with Crippen molar-refractivity contribution < 1.29 is 24.4 Å². The van der Waals surface area contributed by atoms with Crippen LogP contribution >= 0.6 is 18.9 Å². The van der Waals surface area contributed by atoms with Crippen LogP contribution in [0.3, 0.4) is 0 Å². The third kappa shape index (κ3) is 7.59. The molecule has 11 nitrogen and oxygen atoms in total. The lowest BCUT2D eigenvalue weighted by atomic mass is 10.3. The average molecular weight is 513 g/mol. The van der Waals surface area contributed by atoms with Crippen LogP contribution in [0.4, 0.5) is 5.82 Å². The van der Waals surface area contributed by atoms with Crippen molar-refractivity contribution >= 4 is 40.9 Å². The Morgan fingerprint density at radius 3 is 2.59 bits per heavy atom. The van der Waals surface area contributed by atoms with Crippen molar-refractivity contribution in [3.8, 4) is 5.75 Å². The molecule has 0 fully saturated rings. The van der Waals surface area contributed by atoms with Gasteiger partial charge in [0.05, 0.1) is 30.1 Å². The molecule has 0 saturated carbocycles. The molecule has 0 spiro atoms. The minimum atomic E-state index is -3.52. The topological polar surface area (TPSA) is 169 Å². The lowest BCUT2D eigenvalue weighted by molar-refractivity contribution is 0.0821. The number of para-hydroxylation sites is 1. The van der Waals surface area contributed by atoms with Gasteiger partial charge in [0.25, 0.3) is 0 Å². The molecule has 0 aliphatic carbocycles. The standard InChI is InChI=1S/C21H31N6O4PS.H2O/c1-14(2)33-21(28)16(4)26-32(29,31-17-8-6-5-7-9-17)13-30-15(3)10-27-12-25-18-19(22)23-11-24-20(18)27;/h5-9,11-12,14-16,28,33H,10,13H2,1-4H3,(H,26,29)(H2,22,23,24);1H2/t15-,16+,32?;/m1./s1. The van der Waals surface area contributed by atoms with Gasteiger partial charge < -0.3 is 30.1 Å². The highest BCUT2D eigenvalue weighted by atomic mass is 32.1. The molecule has 188 valence electrons. The van der Waals surface area contributed by atoms with Crippen LogP contribution in [0.15, 0.2) is 43.0 Å². The maximum absolute atomic E-state index is 13.7. The Morgan fingerprint density at radius 1 is 1.21 bits per heavy atom. The maximum atomic E-state index is 13.7. The van der Waals surface area contributed by atoms with Crippen LogP contribution in [0.1, 0.15) is 27.7 Å². The van der Waals surface area contributed by atoms with Crippen LogP contribution in [0.5, 0.6) is 5.75 Å². The van der Waals surface area contributed by atoms with E-state index in [1.807, 2.05) is 26.8 Å². The zero-order valence-corrected chi connectivity index (χ0v) is 21.4. The first-order valence-electron chi connectivity index (χ1n) is 10.6. The van der Waals surface area contributed by atoms with Crippen molar-refractivity contribution in [2.24, 2.45) is 0 Å². The van der Waals surface area contributed by atoms with Gasteiger partial charge in [0, 0.05) is 0 Å². The van der Waals surface area contributed by atoms with Gasteiger partial charge in [-0.25, -0.2) is 20.0 Å². The van der Waals surface area contributed by atoms with E-state index in [1.54, 1.807) is 42.1 Å². The number of aliphatic hydroxyl groups is 1. The first-order chi connectivity index (χ1) is 15.7. The largest absolute Gasteiger partial charge is 0.431 e. The first-order valence-corrected chi connectivity index (χ1v) is 13.4. The van der Waals surface area contributed by atoms with E-state index in [0.29, 0.717) is 29.3 Å². The number of rotatable bonds is 11. The van der Waals surface area contributed by atoms with Crippen molar-refractivity contribution in [3.63, 3.8) is 0 Å². The minimum absolute atomic E-state index is 0. The molecule has 0 radical (unpaired) electrons. The summed E-state index contributed by atoms with van der Waals surface area (Å²) < 4.78 is 27.3. The molecule has 13 heteroatoms. The summed E-state index contributed by atoms with van der Waals surface area (Å²) in [4.78, 5) is 12.4. The fourth-order valence-electron chi connectivity index (χ4n) is 3.06. The van der Waals surface area contributed by atoms with Gasteiger partial charge in [-0.15, -0.1) is 0 Å². The summed E-state index contributed by atoms with van der Waals surface area (Å²) in [5.74, 6) is 0.758. The van der Waals surface area contributed by atoms with E-state index < -0.39 is 13.6 Å². The van der Waals surface area contributed by atoms with Crippen LogP contribution < -0.4 is 15.3 Å². The summed E-state index contributed by atoms with van der Waals surface area (Å²) in [6, 6.07) is 8.34. The quantitative estimate of drug-likeness (QED) is 0.171. The number of hydrogen-bond acceptors (Lipinski definition) is 7. The Labute approximate surface area is 202 Å². The number of aromatic nitrogens is 4. The Kier molecular flexibility index (Phi) is 10.2. The molecule has 1 aromatic carbocycles. The molecule has 0 amide bonds. The molecule has 0 aliphatic heterocycles. The summed E-state index contributed by atoms with van der Waals surface area (Å²) in [6.07, 6.45) is 2.47. The Bertz CT molecular complexity index is 1140. The lowest BCUT2D eigenvalue weighted by Crippen LogP contribution is -2.34. The van der Waals surface area contributed by atoms with E-state index in [1.165, 1.54) is 6.33 Å². The Balaban J connectivity index is 0.00000408. The second-order valence-corrected chi connectivity index (χ2v) is 11.7. The first kappa shape index (κ1) is 27.9. The van der Waals surface area contributed by atoms with Crippen LogP contribution in [0, 0.1) is 0 Å². The van der Waals surface area contributed by atoms with Gasteiger partial charge in [-0.1, -0.05) is 32.0 Å². The second kappa shape index (κ2) is 12.4. The molecule has 0 aliphatic rings. The number of thiol groups is 1. The summed E-state index contributed by atoms with van der Waals surface area (Å²) in [7, 11) is -3.52. The number of benzene rings is 1. The van der Waals surface area contributed by atoms with E-state index in [2.05, 4.69) is 20.0 Å². The fraction of sp³-hybridized carbons (Fsp3) is 0.429. The number of imidazole rings is 1. The summed E-state index contributed by atoms with van der Waals surface area (Å²) in [5, 5.41) is 13.8. The normalized spacial score (nSPS) is 15.8. The van der Waals surface area contributed by atoms with Crippen LogP contribution in [-0.4, -0.2) is 58.9 Å². The number of aliphatic hydroxyl groups excluding tert-OH is 1. The highest BCUT2D eigenvalue weighted by Gasteiger charge is 2.29. The third-order valence-electron chi connectivity index (χ3n) is 4.58. The minimum Gasteiger partial charge on any atom is -0.431 e. The van der Waals surface area contributed by atoms with Gasteiger partial charge in [0.2, 0.25) is 0 Å². The zero-order valence-electron chi connectivity index (χ0n) is 19.6. The molecule has 34 heavy (non-hydrogen) atoms. The number of fused-ring (bicyclic) bond motifs is 1. The summed E-state index contributed by atoms with van der Waals surface area (Å²) >= 11 is 0.763. The van der Waals surface area contributed by atoms with Crippen molar-refractivity contribution in [1.29, 1.82) is 0 Å². The maximum Gasteiger partial charge on any atom is 0.342 e. The van der Waals surface area contributed by atoms with Gasteiger partial charge in [0.15, 0.2) is 11.5 Å². The average Bonchev–Trinajstić information content (AvgIpc) is 3.16. The molecule has 6 N–H and O–H groups in total. The molecular weight excluding hydrogens is 479 g/mol. The van der Waals surface area contributed by atoms with Gasteiger partial charge in [0.1, 0.15) is 23.9 Å². The van der Waals surface area contributed by atoms with E-state index in [-0.39, 0.29) is 28.2 Å². The highest BCUT2D eigenvalue weighted by Crippen LogP contribution is 2.44. The SMILES string of the molecule is CC(C)[SH]=C(O)[C@H](C)NP(=O)(CO[C@H](C)Cn1cnc2c(N)ncnc21)Oc1ccccc1.O. The number of nitrogen functional groups attached to an aromatic ring is 1. The molecule has 3 atom stereocenters. The van der Waals surface area contributed by atoms with Crippen LogP contribution in [0.2, 0.25) is 0 Å². The van der Waals surface area contributed by atoms with Gasteiger partial charge in [-0.2, -0.15) is 11.4 Å². The molecule has 0 bridgehead atoms. The fourth-order valence-corrected chi connectivity index (χ4v) is 5.78. The number of nitrogens with zero attached hydrogens (tertiary/aromatic N) is 4. The van der Waals surface area contributed by atoms with Crippen molar-refractivity contribution in [2.75, 3.05) is 12.1 Å². The monoisotopic (exact) mass is 512 g/mol. The zero-order chi connectivity index (χ0) is 24.0. The Morgan fingerprint density at radius 2 is 1.91 bits per heavy atom. The van der Waals surface area contributed by atoms with Gasteiger partial charge >= 0.3 is 7.52 Å². The lowest BCUT2D eigenvalue weighted by Gasteiger charge is -2.25. The predicted octanol–water partition coefficient (Wildman–Crippen LogP) is 2.76. The van der Waals surface area contributed by atoms with Crippen molar-refractivity contribution in [1.82, 2.24) is 24.6 Å². The molecule has 2 heterocycles. The third-order valence-corrected chi connectivity index (χ3v) is 7.52. The van der Waals surface area contributed by atoms with Gasteiger partial charge in [-0.3, -0.25) is 4.57 Å². The van der Waals surface area contributed by atoms with E-state index in [9.17, 15) is 9.67 Å². The Hall–Kier alpha value is -2.34. The van der Waals surface area contributed by atoms with E-state index >= 15 is 0 Å². The smallest absolute Gasteiger partial charge is 0.342 e. The van der Waals surface area contributed by atoms with E-state index in [0.717, 1.165) is 11.4 Å². The molecular formula is C21H33N6O5PS. The number of anilines is 1. The number of nitrogens with one attached hydrogen (secondary N) is 1. The molecule has 1 unspecified atom stereocenters. The molecule has 2 aromatic heterocycles. The second-order valence-electron chi connectivity index (χ2n) is 7.94. The van der Waals surface area contributed by atoms with Crippen molar-refractivity contribution in [3.05, 3.63) is 43.0 Å². The summed E-state index contributed by atoms with van der Waals surface area (Å²) in [5.41, 5.74) is 6.97. The molecule has 3 rings (SSSR count). The number of nitrogens with two attached hydrogens (primary N) is 1. The predicted molar refractivity (Wildman–Crippen MR) is 138 cm³/mol. The highest BCUT2D eigenvalue weighted by molar-refractivity contribution is 7.99. The van der Waals surface area contributed by atoms with Crippen molar-refractivity contribution in [2.45, 2.75) is 51.6 Å². The van der Waals surface area contributed by atoms with Gasteiger partial charge in [-0.05, 0) is 31.2 Å². The number of hydrogen-bond donors (Lipinski definition) is 4.